The molecule has 0 unspecified atom stereocenters. The number of benzene rings is 3. The zero-order valence-electron chi connectivity index (χ0n) is 15.0. The van der Waals surface area contributed by atoms with E-state index < -0.39 is 0 Å². The molecule has 5 aromatic rings. The lowest BCUT2D eigenvalue weighted by atomic mass is 10.1. The van der Waals surface area contributed by atoms with Gasteiger partial charge in [0.05, 0.1) is 11.1 Å². The van der Waals surface area contributed by atoms with Crippen molar-refractivity contribution in [3.05, 3.63) is 94.2 Å². The number of aromatic nitrogens is 4. The van der Waals surface area contributed by atoms with Crippen molar-refractivity contribution in [3.8, 4) is 28.7 Å². The molecule has 0 N–H and O–H groups in total. The van der Waals surface area contributed by atoms with Crippen molar-refractivity contribution in [2.75, 3.05) is 0 Å². The first-order chi connectivity index (χ1) is 14.2. The van der Waals surface area contributed by atoms with E-state index in [1.54, 1.807) is 36.4 Å². The van der Waals surface area contributed by atoms with Gasteiger partial charge in [0, 0.05) is 16.0 Å². The second-order valence-corrected chi connectivity index (χ2v) is 6.82. The van der Waals surface area contributed by atoms with Crippen molar-refractivity contribution >= 4 is 22.4 Å². The normalized spacial score (nSPS) is 11.1. The second-order valence-electron chi connectivity index (χ2n) is 6.38. The number of nitrogens with zero attached hydrogens (tertiary/aromatic N) is 4. The zero-order chi connectivity index (χ0) is 19.8. The Morgan fingerprint density at radius 2 is 1.62 bits per heavy atom. The lowest BCUT2D eigenvalue weighted by Crippen LogP contribution is -2.22. The minimum absolute atomic E-state index is 0.232. The lowest BCUT2D eigenvalue weighted by molar-refractivity contribution is 0.430. The van der Waals surface area contributed by atoms with E-state index in [1.807, 2.05) is 42.5 Å². The SMILES string of the molecule is O=c1c2ccccc2c(-c2nc(-c3ccccc3)no2)nn1-c1cccc(Cl)c1. The molecular formula is C22H13ClN4O2. The van der Waals surface area contributed by atoms with Crippen molar-refractivity contribution < 1.29 is 4.52 Å². The maximum Gasteiger partial charge on any atom is 0.279 e. The molecule has 7 heteroatoms. The first-order valence-electron chi connectivity index (χ1n) is 8.88. The summed E-state index contributed by atoms with van der Waals surface area (Å²) in [5.41, 5.74) is 1.55. The van der Waals surface area contributed by atoms with Gasteiger partial charge in [0.25, 0.3) is 11.4 Å². The fraction of sp³-hybridized carbons (Fsp3) is 0. The first kappa shape index (κ1) is 17.3. The smallest absolute Gasteiger partial charge is 0.279 e. The highest BCUT2D eigenvalue weighted by molar-refractivity contribution is 6.30. The quantitative estimate of drug-likeness (QED) is 0.436. The Morgan fingerprint density at radius 3 is 2.41 bits per heavy atom. The van der Waals surface area contributed by atoms with Gasteiger partial charge in [-0.05, 0) is 24.3 Å². The van der Waals surface area contributed by atoms with Gasteiger partial charge >= 0.3 is 0 Å². The minimum Gasteiger partial charge on any atom is -0.332 e. The highest BCUT2D eigenvalue weighted by Crippen LogP contribution is 2.26. The molecule has 3 aromatic carbocycles. The summed E-state index contributed by atoms with van der Waals surface area (Å²) in [6.45, 7) is 0. The van der Waals surface area contributed by atoms with Crippen LogP contribution in [0.25, 0.3) is 39.4 Å². The van der Waals surface area contributed by atoms with Crippen LogP contribution in [0.5, 0.6) is 0 Å². The highest BCUT2D eigenvalue weighted by atomic mass is 35.5. The van der Waals surface area contributed by atoms with E-state index in [0.29, 0.717) is 33.0 Å². The van der Waals surface area contributed by atoms with Crippen LogP contribution >= 0.6 is 11.6 Å². The Morgan fingerprint density at radius 1 is 0.862 bits per heavy atom. The molecule has 0 atom stereocenters. The summed E-state index contributed by atoms with van der Waals surface area (Å²) >= 11 is 6.11. The van der Waals surface area contributed by atoms with Crippen LogP contribution in [0.3, 0.4) is 0 Å². The van der Waals surface area contributed by atoms with Gasteiger partial charge in [0.2, 0.25) is 5.82 Å². The van der Waals surface area contributed by atoms with E-state index in [2.05, 4.69) is 15.2 Å². The molecule has 6 nitrogen and oxygen atoms in total. The summed E-state index contributed by atoms with van der Waals surface area (Å²) in [6.07, 6.45) is 0. The second kappa shape index (κ2) is 7.00. The van der Waals surface area contributed by atoms with Gasteiger partial charge in [0.15, 0.2) is 5.69 Å². The highest BCUT2D eigenvalue weighted by Gasteiger charge is 2.19. The number of rotatable bonds is 3. The van der Waals surface area contributed by atoms with Crippen LogP contribution in [0.1, 0.15) is 0 Å². The van der Waals surface area contributed by atoms with Crippen molar-refractivity contribution in [3.63, 3.8) is 0 Å². The van der Waals surface area contributed by atoms with E-state index in [4.69, 9.17) is 16.1 Å². The number of halogens is 1. The Labute approximate surface area is 170 Å². The maximum atomic E-state index is 13.0. The molecule has 0 amide bonds. The maximum absolute atomic E-state index is 13.0. The fourth-order valence-corrected chi connectivity index (χ4v) is 3.34. The van der Waals surface area contributed by atoms with Gasteiger partial charge in [-0.1, -0.05) is 71.4 Å². The largest absolute Gasteiger partial charge is 0.332 e. The molecule has 0 fully saturated rings. The molecular weight excluding hydrogens is 388 g/mol. The molecule has 0 aliphatic rings. The minimum atomic E-state index is -0.255. The molecule has 0 aliphatic heterocycles. The molecule has 29 heavy (non-hydrogen) atoms. The lowest BCUT2D eigenvalue weighted by Gasteiger charge is -2.09. The van der Waals surface area contributed by atoms with E-state index in [0.717, 1.165) is 5.56 Å². The van der Waals surface area contributed by atoms with Crippen molar-refractivity contribution in [1.29, 1.82) is 0 Å². The van der Waals surface area contributed by atoms with Gasteiger partial charge in [-0.25, -0.2) is 0 Å². The van der Waals surface area contributed by atoms with Crippen LogP contribution in [0.4, 0.5) is 0 Å². The Bertz CT molecular complexity index is 1390. The predicted molar refractivity (Wildman–Crippen MR) is 111 cm³/mol. The summed E-state index contributed by atoms with van der Waals surface area (Å²) in [4.78, 5) is 17.5. The monoisotopic (exact) mass is 400 g/mol. The summed E-state index contributed by atoms with van der Waals surface area (Å²) in [5.74, 6) is 0.683. The van der Waals surface area contributed by atoms with Crippen molar-refractivity contribution in [1.82, 2.24) is 19.9 Å². The molecule has 0 saturated carbocycles. The van der Waals surface area contributed by atoms with Crippen molar-refractivity contribution in [2.45, 2.75) is 0 Å². The third kappa shape index (κ3) is 3.09. The predicted octanol–water partition coefficient (Wildman–Crippen LogP) is 4.76. The van der Waals surface area contributed by atoms with Crippen LogP contribution in [-0.4, -0.2) is 19.9 Å². The van der Waals surface area contributed by atoms with Gasteiger partial charge < -0.3 is 4.52 Å². The number of hydrogen-bond acceptors (Lipinski definition) is 5. The Balaban J connectivity index is 1.75. The topological polar surface area (TPSA) is 73.8 Å². The Kier molecular flexibility index (Phi) is 4.18. The van der Waals surface area contributed by atoms with E-state index >= 15 is 0 Å². The fourth-order valence-electron chi connectivity index (χ4n) is 3.15. The van der Waals surface area contributed by atoms with Crippen LogP contribution in [0.2, 0.25) is 5.02 Å². The van der Waals surface area contributed by atoms with Crippen LogP contribution < -0.4 is 5.56 Å². The third-order valence-electron chi connectivity index (χ3n) is 4.52. The average Bonchev–Trinajstić information content (AvgIpc) is 3.25. The molecule has 2 aromatic heterocycles. The summed E-state index contributed by atoms with van der Waals surface area (Å²) in [6, 6.07) is 23.7. The van der Waals surface area contributed by atoms with Gasteiger partial charge in [-0.15, -0.1) is 0 Å². The molecule has 2 heterocycles. The molecule has 0 radical (unpaired) electrons. The zero-order valence-corrected chi connectivity index (χ0v) is 15.7. The summed E-state index contributed by atoms with van der Waals surface area (Å²) in [7, 11) is 0. The standard InChI is InChI=1S/C22H13ClN4O2/c23-15-9-6-10-16(13-15)27-22(28)18-12-5-4-11-17(18)19(25-27)21-24-20(26-29-21)14-7-2-1-3-8-14/h1-13H. The molecule has 0 spiro atoms. The summed E-state index contributed by atoms with van der Waals surface area (Å²) < 4.78 is 6.80. The van der Waals surface area contributed by atoms with Gasteiger partial charge in [-0.2, -0.15) is 14.8 Å². The molecule has 0 bridgehead atoms. The van der Waals surface area contributed by atoms with Crippen LogP contribution in [0.15, 0.2) is 88.2 Å². The first-order valence-corrected chi connectivity index (χ1v) is 9.26. The molecule has 140 valence electrons. The number of hydrogen-bond donors (Lipinski definition) is 0. The number of fused-ring (bicyclic) bond motifs is 1. The Hall–Kier alpha value is -3.77. The van der Waals surface area contributed by atoms with E-state index in [-0.39, 0.29) is 11.4 Å². The van der Waals surface area contributed by atoms with Gasteiger partial charge in [0.1, 0.15) is 0 Å². The molecule has 0 aliphatic carbocycles. The van der Waals surface area contributed by atoms with Crippen LogP contribution in [-0.2, 0) is 0 Å². The van der Waals surface area contributed by atoms with Crippen molar-refractivity contribution in [2.24, 2.45) is 0 Å². The third-order valence-corrected chi connectivity index (χ3v) is 4.75. The van der Waals surface area contributed by atoms with Crippen LogP contribution in [0, 0.1) is 0 Å². The molecule has 0 saturated heterocycles. The van der Waals surface area contributed by atoms with E-state index in [9.17, 15) is 4.79 Å². The summed E-state index contributed by atoms with van der Waals surface area (Å²) in [5, 5.41) is 10.3. The van der Waals surface area contributed by atoms with Gasteiger partial charge in [-0.3, -0.25) is 4.79 Å². The van der Waals surface area contributed by atoms with E-state index in [1.165, 1.54) is 4.68 Å². The molecule has 5 rings (SSSR count). The average molecular weight is 401 g/mol.